The van der Waals surface area contributed by atoms with Gasteiger partial charge in [-0.05, 0) is 49.0 Å². The lowest BCUT2D eigenvalue weighted by Gasteiger charge is -2.20. The van der Waals surface area contributed by atoms with Crippen LogP contribution in [0.15, 0.2) is 53.2 Å². The summed E-state index contributed by atoms with van der Waals surface area (Å²) in [5.41, 5.74) is 3.66. The molecular weight excluding hydrogens is 378 g/mol. The summed E-state index contributed by atoms with van der Waals surface area (Å²) in [5, 5.41) is 10.5. The Morgan fingerprint density at radius 3 is 2.96 bits per heavy atom. The van der Waals surface area contributed by atoms with Crippen LogP contribution in [0.3, 0.4) is 0 Å². The molecule has 1 unspecified atom stereocenters. The summed E-state index contributed by atoms with van der Waals surface area (Å²) < 4.78 is 11.4. The first-order valence-corrected chi connectivity index (χ1v) is 9.63. The minimum Gasteiger partial charge on any atom is -0.481 e. The number of carboxylic acid groups (broad SMARTS) is 1. The number of furan rings is 1. The summed E-state index contributed by atoms with van der Waals surface area (Å²) in [5.74, 6) is 0.0187. The lowest BCUT2D eigenvalue weighted by molar-refractivity contribution is -0.138. The molecule has 0 radical (unpaired) electrons. The van der Waals surface area contributed by atoms with Crippen molar-refractivity contribution in [2.24, 2.45) is 5.92 Å². The zero-order valence-corrected chi connectivity index (χ0v) is 16.0. The Morgan fingerprint density at radius 2 is 2.18 bits per heavy atom. The number of carbonyl (C=O) groups is 1. The molecule has 5 nitrogen and oxygen atoms in total. The van der Waals surface area contributed by atoms with Crippen LogP contribution < -0.4 is 4.74 Å². The van der Waals surface area contributed by atoms with E-state index in [1.165, 1.54) is 0 Å². The third kappa shape index (κ3) is 4.04. The van der Waals surface area contributed by atoms with Gasteiger partial charge in [-0.15, -0.1) is 0 Å². The van der Waals surface area contributed by atoms with E-state index in [0.717, 1.165) is 47.1 Å². The summed E-state index contributed by atoms with van der Waals surface area (Å²) in [7, 11) is 0. The fourth-order valence-corrected chi connectivity index (χ4v) is 3.79. The van der Waals surface area contributed by atoms with E-state index in [9.17, 15) is 4.79 Å². The molecule has 1 aromatic carbocycles. The Balaban J connectivity index is 1.46. The summed E-state index contributed by atoms with van der Waals surface area (Å²) in [6, 6.07) is 11.3. The van der Waals surface area contributed by atoms with E-state index in [2.05, 4.69) is 11.1 Å². The van der Waals surface area contributed by atoms with Gasteiger partial charge in [-0.25, -0.2) is 4.98 Å². The summed E-state index contributed by atoms with van der Waals surface area (Å²) in [6.45, 7) is 0.331. The second-order valence-electron chi connectivity index (χ2n) is 6.99. The lowest BCUT2D eigenvalue weighted by Crippen LogP contribution is -2.11. The lowest BCUT2D eigenvalue weighted by atomic mass is 9.86. The topological polar surface area (TPSA) is 72.6 Å². The number of pyridine rings is 1. The van der Waals surface area contributed by atoms with Gasteiger partial charge < -0.3 is 14.3 Å². The van der Waals surface area contributed by atoms with E-state index >= 15 is 0 Å². The molecule has 0 amide bonds. The van der Waals surface area contributed by atoms with Crippen LogP contribution in [0, 0.1) is 5.92 Å². The molecule has 1 N–H and O–H groups in total. The Kier molecular flexibility index (Phi) is 5.35. The van der Waals surface area contributed by atoms with Crippen LogP contribution >= 0.6 is 11.6 Å². The number of hydrogen-bond acceptors (Lipinski definition) is 4. The van der Waals surface area contributed by atoms with Gasteiger partial charge in [0.1, 0.15) is 12.2 Å². The monoisotopic (exact) mass is 397 g/mol. The maximum absolute atomic E-state index is 10.9. The summed E-state index contributed by atoms with van der Waals surface area (Å²) >= 11 is 6.18. The van der Waals surface area contributed by atoms with Crippen LogP contribution in [0.1, 0.15) is 36.9 Å². The molecule has 0 fully saturated rings. The molecule has 1 aliphatic carbocycles. The van der Waals surface area contributed by atoms with Crippen LogP contribution in [0.2, 0.25) is 5.02 Å². The van der Waals surface area contributed by atoms with Crippen molar-refractivity contribution in [2.45, 2.75) is 32.3 Å². The normalized spacial score (nSPS) is 16.8. The minimum absolute atomic E-state index is 0.210. The largest absolute Gasteiger partial charge is 0.481 e. The standard InChI is InChI=1S/C22H20ClNO4/c23-18-9-8-16(22-17(18)10-11-27-22)13-28-20-3-1-2-19(24-20)15-6-4-14(5-7-15)12-21(25)26/h1-3,6,8-11,14H,4-5,7,12-13H2,(H,25,26). The van der Waals surface area contributed by atoms with E-state index in [1.807, 2.05) is 36.4 Å². The van der Waals surface area contributed by atoms with Gasteiger partial charge in [0.25, 0.3) is 0 Å². The zero-order valence-electron chi connectivity index (χ0n) is 15.2. The molecule has 0 aliphatic heterocycles. The Bertz CT molecular complexity index is 1040. The Hall–Kier alpha value is -2.79. The number of ether oxygens (including phenoxy) is 1. The van der Waals surface area contributed by atoms with Crippen molar-refractivity contribution < 1.29 is 19.1 Å². The van der Waals surface area contributed by atoms with Gasteiger partial charge in [0.2, 0.25) is 5.88 Å². The first kappa shape index (κ1) is 18.6. The van der Waals surface area contributed by atoms with Gasteiger partial charge in [0, 0.05) is 23.4 Å². The number of fused-ring (bicyclic) bond motifs is 1. The van der Waals surface area contributed by atoms with Crippen LogP contribution in [0.5, 0.6) is 5.88 Å². The van der Waals surface area contributed by atoms with Crippen molar-refractivity contribution in [3.63, 3.8) is 0 Å². The average Bonchev–Trinajstić information content (AvgIpc) is 3.19. The second-order valence-corrected chi connectivity index (χ2v) is 7.39. The molecule has 0 spiro atoms. The number of nitrogens with zero attached hydrogens (tertiary/aromatic N) is 1. The van der Waals surface area contributed by atoms with E-state index in [-0.39, 0.29) is 12.3 Å². The van der Waals surface area contributed by atoms with Gasteiger partial charge in [-0.3, -0.25) is 4.79 Å². The second kappa shape index (κ2) is 8.07. The minimum atomic E-state index is -0.733. The zero-order chi connectivity index (χ0) is 19.5. The number of carboxylic acids is 1. The van der Waals surface area contributed by atoms with E-state index in [1.54, 1.807) is 6.26 Å². The van der Waals surface area contributed by atoms with E-state index in [4.69, 9.17) is 25.9 Å². The Morgan fingerprint density at radius 1 is 1.29 bits per heavy atom. The van der Waals surface area contributed by atoms with E-state index in [0.29, 0.717) is 17.5 Å². The molecule has 2 heterocycles. The fraction of sp³-hybridized carbons (Fsp3) is 0.273. The number of aromatic nitrogens is 1. The predicted octanol–water partition coefficient (Wildman–Crippen LogP) is 5.72. The number of benzene rings is 1. The Labute approximate surface area is 167 Å². The van der Waals surface area contributed by atoms with Gasteiger partial charge in [-0.1, -0.05) is 29.8 Å². The third-order valence-electron chi connectivity index (χ3n) is 5.06. The highest BCUT2D eigenvalue weighted by molar-refractivity contribution is 6.35. The highest BCUT2D eigenvalue weighted by atomic mass is 35.5. The highest BCUT2D eigenvalue weighted by Crippen LogP contribution is 2.32. The number of hydrogen-bond donors (Lipinski definition) is 1. The first-order chi connectivity index (χ1) is 13.6. The molecule has 6 heteroatoms. The third-order valence-corrected chi connectivity index (χ3v) is 5.39. The molecular formula is C22H20ClNO4. The van der Waals surface area contributed by atoms with Crippen molar-refractivity contribution in [1.82, 2.24) is 4.98 Å². The maximum Gasteiger partial charge on any atom is 0.303 e. The van der Waals surface area contributed by atoms with E-state index < -0.39 is 5.97 Å². The number of allylic oxidation sites excluding steroid dienone is 2. The molecule has 1 atom stereocenters. The molecule has 28 heavy (non-hydrogen) atoms. The highest BCUT2D eigenvalue weighted by Gasteiger charge is 2.19. The molecule has 0 saturated heterocycles. The number of halogens is 1. The van der Waals surface area contributed by atoms with Crippen molar-refractivity contribution in [1.29, 1.82) is 0 Å². The van der Waals surface area contributed by atoms with Crippen molar-refractivity contribution in [3.05, 3.63) is 65.0 Å². The molecule has 0 saturated carbocycles. The molecule has 1 aliphatic rings. The molecule has 3 aromatic rings. The molecule has 144 valence electrons. The molecule has 2 aromatic heterocycles. The van der Waals surface area contributed by atoms with Crippen molar-refractivity contribution >= 4 is 34.1 Å². The van der Waals surface area contributed by atoms with Gasteiger partial charge in [-0.2, -0.15) is 0 Å². The average molecular weight is 398 g/mol. The van der Waals surface area contributed by atoms with Crippen molar-refractivity contribution in [3.8, 4) is 5.88 Å². The van der Waals surface area contributed by atoms with Crippen LogP contribution in [-0.4, -0.2) is 16.1 Å². The van der Waals surface area contributed by atoms with Crippen LogP contribution in [0.25, 0.3) is 16.5 Å². The SMILES string of the molecule is O=C(O)CC1CC=C(c2cccc(OCc3ccc(Cl)c4ccoc34)n2)CC1. The predicted molar refractivity (Wildman–Crippen MR) is 107 cm³/mol. The maximum atomic E-state index is 10.9. The van der Waals surface area contributed by atoms with Crippen LogP contribution in [0.4, 0.5) is 0 Å². The van der Waals surface area contributed by atoms with Gasteiger partial charge in [0.15, 0.2) is 0 Å². The van der Waals surface area contributed by atoms with Crippen molar-refractivity contribution in [2.75, 3.05) is 0 Å². The number of rotatable bonds is 6. The van der Waals surface area contributed by atoms with Gasteiger partial charge in [0.05, 0.1) is 17.0 Å². The first-order valence-electron chi connectivity index (χ1n) is 9.26. The van der Waals surface area contributed by atoms with Crippen LogP contribution in [-0.2, 0) is 11.4 Å². The smallest absolute Gasteiger partial charge is 0.303 e. The quantitative estimate of drug-likeness (QED) is 0.576. The number of aliphatic carboxylic acids is 1. The summed E-state index contributed by atoms with van der Waals surface area (Å²) in [4.78, 5) is 15.5. The summed E-state index contributed by atoms with van der Waals surface area (Å²) in [6.07, 6.45) is 6.42. The molecule has 0 bridgehead atoms. The fourth-order valence-electron chi connectivity index (χ4n) is 3.58. The molecule has 4 rings (SSSR count). The van der Waals surface area contributed by atoms with Gasteiger partial charge >= 0.3 is 5.97 Å².